The number of nitrogens with zero attached hydrogens (tertiary/aromatic N) is 1. The van der Waals surface area contributed by atoms with Gasteiger partial charge in [0.2, 0.25) is 5.91 Å². The number of esters is 1. The summed E-state index contributed by atoms with van der Waals surface area (Å²) in [5.74, 6) is -0.0622. The van der Waals surface area contributed by atoms with E-state index in [1.807, 2.05) is 0 Å². The number of methoxy groups -OCH3 is 2. The molecular weight excluding hydrogens is 416 g/mol. The molecular formula is C23H28N2O7. The third-order valence-electron chi connectivity index (χ3n) is 5.75. The number of anilines is 1. The highest BCUT2D eigenvalue weighted by molar-refractivity contribution is 5.90. The first-order valence-electron chi connectivity index (χ1n) is 10.5. The minimum atomic E-state index is -0.508. The van der Waals surface area contributed by atoms with Gasteiger partial charge in [-0.25, -0.2) is 4.79 Å². The van der Waals surface area contributed by atoms with Crippen LogP contribution in [0.5, 0.6) is 11.5 Å². The van der Waals surface area contributed by atoms with E-state index in [0.717, 1.165) is 11.1 Å². The van der Waals surface area contributed by atoms with Crippen LogP contribution in [0.4, 0.5) is 10.5 Å². The van der Waals surface area contributed by atoms with Crippen LogP contribution >= 0.6 is 0 Å². The molecule has 1 unspecified atom stereocenters. The predicted octanol–water partition coefficient (Wildman–Crippen LogP) is 3.01. The second kappa shape index (κ2) is 9.84. The maximum atomic E-state index is 12.5. The minimum Gasteiger partial charge on any atom is -0.493 e. The molecule has 2 amide bonds. The Labute approximate surface area is 186 Å². The molecule has 0 radical (unpaired) electrons. The molecule has 1 aromatic rings. The van der Waals surface area contributed by atoms with Gasteiger partial charge >= 0.3 is 12.1 Å². The molecule has 1 aliphatic carbocycles. The molecule has 0 saturated carbocycles. The molecule has 0 bridgehead atoms. The first-order valence-corrected chi connectivity index (χ1v) is 10.5. The minimum absolute atomic E-state index is 0.203. The summed E-state index contributed by atoms with van der Waals surface area (Å²) in [5.41, 5.74) is 3.29. The van der Waals surface area contributed by atoms with Gasteiger partial charge in [-0.3, -0.25) is 14.4 Å². The van der Waals surface area contributed by atoms with Gasteiger partial charge in [-0.2, -0.15) is 0 Å². The standard InChI is InChI=1S/C23H28N2O7/c1-13(26)24-19-12-21(30-3)22(32-14(2)27)11-16(19)10-20-18-6-5-17(28)9-15(18)7-8-25(20)23(29)31-4/h11-12,20H,5-10H2,1-4H3,(H,24,26). The Morgan fingerprint density at radius 1 is 1.09 bits per heavy atom. The maximum absolute atomic E-state index is 12.5. The number of carbonyl (C=O) groups excluding carboxylic acids is 4. The predicted molar refractivity (Wildman–Crippen MR) is 116 cm³/mol. The van der Waals surface area contributed by atoms with Gasteiger partial charge in [0.25, 0.3) is 0 Å². The van der Waals surface area contributed by atoms with E-state index in [1.54, 1.807) is 17.0 Å². The summed E-state index contributed by atoms with van der Waals surface area (Å²) in [7, 11) is 2.78. The molecule has 0 fully saturated rings. The molecule has 1 N–H and O–H groups in total. The lowest BCUT2D eigenvalue weighted by Gasteiger charge is -2.40. The number of rotatable bonds is 5. The normalized spacial score (nSPS) is 18.1. The Kier molecular flexibility index (Phi) is 7.17. The average Bonchev–Trinajstić information content (AvgIpc) is 2.74. The SMILES string of the molecule is COC(=O)N1CCC2=C(CCC(=O)C2)C1Cc1cc(OC(C)=O)c(OC)cc1NC(C)=O. The van der Waals surface area contributed by atoms with Gasteiger partial charge in [0.15, 0.2) is 11.5 Å². The molecule has 2 aliphatic rings. The lowest BCUT2D eigenvalue weighted by Crippen LogP contribution is -2.47. The number of ether oxygens (including phenoxy) is 3. The van der Waals surface area contributed by atoms with Gasteiger partial charge in [0.05, 0.1) is 20.3 Å². The molecule has 0 spiro atoms. The van der Waals surface area contributed by atoms with Crippen molar-refractivity contribution < 1.29 is 33.4 Å². The van der Waals surface area contributed by atoms with Crippen LogP contribution in [0.25, 0.3) is 0 Å². The zero-order valence-electron chi connectivity index (χ0n) is 18.8. The van der Waals surface area contributed by atoms with Crippen molar-refractivity contribution >= 4 is 29.4 Å². The van der Waals surface area contributed by atoms with E-state index in [2.05, 4.69) is 5.32 Å². The van der Waals surface area contributed by atoms with Gasteiger partial charge in [-0.05, 0) is 36.5 Å². The second-order valence-electron chi connectivity index (χ2n) is 7.91. The molecule has 1 aromatic carbocycles. The molecule has 1 atom stereocenters. The van der Waals surface area contributed by atoms with Crippen LogP contribution in [0.15, 0.2) is 23.3 Å². The second-order valence-corrected chi connectivity index (χ2v) is 7.91. The van der Waals surface area contributed by atoms with Crippen LogP contribution in [0.1, 0.15) is 45.1 Å². The molecule has 9 heteroatoms. The van der Waals surface area contributed by atoms with Crippen LogP contribution < -0.4 is 14.8 Å². The molecule has 1 heterocycles. The lowest BCUT2D eigenvalue weighted by atomic mass is 9.80. The molecule has 9 nitrogen and oxygen atoms in total. The summed E-state index contributed by atoms with van der Waals surface area (Å²) in [6.45, 7) is 3.12. The number of hydrogen-bond acceptors (Lipinski definition) is 7. The highest BCUT2D eigenvalue weighted by Crippen LogP contribution is 2.39. The van der Waals surface area contributed by atoms with Crippen molar-refractivity contribution in [2.45, 2.75) is 52.0 Å². The Morgan fingerprint density at radius 3 is 2.47 bits per heavy atom. The number of Topliss-reactive ketones (excluding diaryl/α,β-unsaturated/α-hetero) is 1. The van der Waals surface area contributed by atoms with E-state index in [1.165, 1.54) is 28.1 Å². The summed E-state index contributed by atoms with van der Waals surface area (Å²) in [6.07, 6.45) is 1.94. The van der Waals surface area contributed by atoms with Crippen molar-refractivity contribution in [2.75, 3.05) is 26.1 Å². The van der Waals surface area contributed by atoms with Crippen molar-refractivity contribution in [2.24, 2.45) is 0 Å². The van der Waals surface area contributed by atoms with Crippen molar-refractivity contribution in [1.29, 1.82) is 0 Å². The van der Waals surface area contributed by atoms with Gasteiger partial charge in [-0.1, -0.05) is 5.57 Å². The maximum Gasteiger partial charge on any atom is 0.410 e. The van der Waals surface area contributed by atoms with Crippen LogP contribution in [0.2, 0.25) is 0 Å². The monoisotopic (exact) mass is 444 g/mol. The molecule has 32 heavy (non-hydrogen) atoms. The lowest BCUT2D eigenvalue weighted by molar-refractivity contribution is -0.132. The highest BCUT2D eigenvalue weighted by Gasteiger charge is 2.36. The fraction of sp³-hybridized carbons (Fsp3) is 0.478. The van der Waals surface area contributed by atoms with Crippen molar-refractivity contribution in [1.82, 2.24) is 4.90 Å². The summed E-state index contributed by atoms with van der Waals surface area (Å²) in [6, 6.07) is 2.90. The van der Waals surface area contributed by atoms with E-state index in [-0.39, 0.29) is 23.5 Å². The molecule has 0 saturated heterocycles. The zero-order valence-corrected chi connectivity index (χ0v) is 18.8. The Bertz CT molecular complexity index is 983. The number of benzene rings is 1. The van der Waals surface area contributed by atoms with Crippen molar-refractivity contribution in [3.63, 3.8) is 0 Å². The van der Waals surface area contributed by atoms with Crippen molar-refractivity contribution in [3.05, 3.63) is 28.8 Å². The Morgan fingerprint density at radius 2 is 1.84 bits per heavy atom. The fourth-order valence-electron chi connectivity index (χ4n) is 4.39. The third-order valence-corrected chi connectivity index (χ3v) is 5.75. The summed E-state index contributed by atoms with van der Waals surface area (Å²) < 4.78 is 15.6. The molecule has 172 valence electrons. The number of carbonyl (C=O) groups is 4. The van der Waals surface area contributed by atoms with Crippen LogP contribution in [-0.4, -0.2) is 55.5 Å². The van der Waals surface area contributed by atoms with E-state index >= 15 is 0 Å². The van der Waals surface area contributed by atoms with Gasteiger partial charge < -0.3 is 24.4 Å². The number of hydrogen-bond donors (Lipinski definition) is 1. The fourth-order valence-corrected chi connectivity index (χ4v) is 4.39. The summed E-state index contributed by atoms with van der Waals surface area (Å²) in [4.78, 5) is 49.6. The van der Waals surface area contributed by atoms with Crippen molar-refractivity contribution in [3.8, 4) is 11.5 Å². The number of ketones is 1. The zero-order chi connectivity index (χ0) is 23.4. The number of nitrogens with one attached hydrogen (secondary N) is 1. The Hall–Kier alpha value is -3.36. The van der Waals surface area contributed by atoms with E-state index in [9.17, 15) is 19.2 Å². The van der Waals surface area contributed by atoms with Gasteiger partial charge in [-0.15, -0.1) is 0 Å². The van der Waals surface area contributed by atoms with Crippen LogP contribution in [0.3, 0.4) is 0 Å². The highest BCUT2D eigenvalue weighted by atomic mass is 16.6. The summed E-state index contributed by atoms with van der Waals surface area (Å²) >= 11 is 0. The summed E-state index contributed by atoms with van der Waals surface area (Å²) in [5, 5.41) is 2.79. The first-order chi connectivity index (χ1) is 15.2. The molecule has 1 aliphatic heterocycles. The van der Waals surface area contributed by atoms with E-state index < -0.39 is 12.1 Å². The van der Waals surface area contributed by atoms with Crippen LogP contribution in [-0.2, 0) is 25.5 Å². The Balaban J connectivity index is 2.08. The van der Waals surface area contributed by atoms with Gasteiger partial charge in [0, 0.05) is 45.0 Å². The van der Waals surface area contributed by atoms with E-state index in [0.29, 0.717) is 55.6 Å². The molecule has 0 aromatic heterocycles. The first kappa shape index (κ1) is 23.3. The quantitative estimate of drug-likeness (QED) is 0.422. The molecule has 3 rings (SSSR count). The number of amides is 2. The average molecular weight is 444 g/mol. The van der Waals surface area contributed by atoms with Crippen LogP contribution in [0, 0.1) is 0 Å². The van der Waals surface area contributed by atoms with Gasteiger partial charge in [0.1, 0.15) is 5.78 Å². The topological polar surface area (TPSA) is 111 Å². The largest absolute Gasteiger partial charge is 0.493 e. The smallest absolute Gasteiger partial charge is 0.410 e. The van der Waals surface area contributed by atoms with E-state index in [4.69, 9.17) is 14.2 Å². The third kappa shape index (κ3) is 5.09.